The molecule has 1 amide bonds. The lowest BCUT2D eigenvalue weighted by Gasteiger charge is -2.15. The molecule has 1 atom stereocenters. The predicted octanol–water partition coefficient (Wildman–Crippen LogP) is 5.47. The van der Waals surface area contributed by atoms with Crippen LogP contribution in [0.15, 0.2) is 55.9 Å². The standard InChI is InChI=1S/C15H12Br3NO/c1-9(10-3-2-4-11(16)7-10)19-15(20)13-6-5-12(17)8-14(13)18/h2-9H,1H3,(H,19,20). The van der Waals surface area contributed by atoms with Crippen LogP contribution in [0.2, 0.25) is 0 Å². The quantitative estimate of drug-likeness (QED) is 0.645. The van der Waals surface area contributed by atoms with Gasteiger partial charge in [-0.1, -0.05) is 44.0 Å². The Kier molecular flexibility index (Phi) is 5.41. The molecule has 5 heteroatoms. The SMILES string of the molecule is CC(NC(=O)c1ccc(Br)cc1Br)c1cccc(Br)c1. The third kappa shape index (κ3) is 3.93. The molecule has 0 heterocycles. The molecular formula is C15H12Br3NO. The zero-order valence-electron chi connectivity index (χ0n) is 10.7. The van der Waals surface area contributed by atoms with Crippen molar-refractivity contribution in [1.29, 1.82) is 0 Å². The summed E-state index contributed by atoms with van der Waals surface area (Å²) >= 11 is 10.2. The lowest BCUT2D eigenvalue weighted by Crippen LogP contribution is -2.26. The number of carbonyl (C=O) groups is 1. The first-order chi connectivity index (χ1) is 9.47. The number of hydrogen-bond acceptors (Lipinski definition) is 1. The molecule has 0 aliphatic carbocycles. The smallest absolute Gasteiger partial charge is 0.252 e. The van der Waals surface area contributed by atoms with Crippen LogP contribution in [0.1, 0.15) is 28.9 Å². The van der Waals surface area contributed by atoms with Crippen LogP contribution in [0.4, 0.5) is 0 Å². The van der Waals surface area contributed by atoms with Gasteiger partial charge >= 0.3 is 0 Å². The summed E-state index contributed by atoms with van der Waals surface area (Å²) in [5.41, 5.74) is 1.68. The van der Waals surface area contributed by atoms with Crippen LogP contribution in [-0.2, 0) is 0 Å². The first-order valence-corrected chi connectivity index (χ1v) is 8.36. The number of carbonyl (C=O) groups excluding carboxylic acids is 1. The van der Waals surface area contributed by atoms with Gasteiger partial charge in [-0.25, -0.2) is 0 Å². The van der Waals surface area contributed by atoms with Crippen LogP contribution >= 0.6 is 47.8 Å². The topological polar surface area (TPSA) is 29.1 Å². The van der Waals surface area contributed by atoms with Crippen molar-refractivity contribution in [3.05, 3.63) is 67.0 Å². The monoisotopic (exact) mass is 459 g/mol. The molecule has 2 nitrogen and oxygen atoms in total. The van der Waals surface area contributed by atoms with Crippen molar-refractivity contribution in [2.75, 3.05) is 0 Å². The molecule has 0 saturated carbocycles. The first-order valence-electron chi connectivity index (χ1n) is 5.99. The van der Waals surface area contributed by atoms with Gasteiger partial charge in [-0.05, 0) is 58.7 Å². The van der Waals surface area contributed by atoms with E-state index in [4.69, 9.17) is 0 Å². The number of amides is 1. The van der Waals surface area contributed by atoms with Gasteiger partial charge in [-0.3, -0.25) is 4.79 Å². The van der Waals surface area contributed by atoms with E-state index in [1.54, 1.807) is 6.07 Å². The summed E-state index contributed by atoms with van der Waals surface area (Å²) in [6, 6.07) is 13.4. The highest BCUT2D eigenvalue weighted by Gasteiger charge is 2.14. The first kappa shape index (κ1) is 15.7. The van der Waals surface area contributed by atoms with E-state index >= 15 is 0 Å². The van der Waals surface area contributed by atoms with Gasteiger partial charge in [0, 0.05) is 13.4 Å². The van der Waals surface area contributed by atoms with E-state index in [1.807, 2.05) is 43.3 Å². The summed E-state index contributed by atoms with van der Waals surface area (Å²) in [5, 5.41) is 2.99. The van der Waals surface area contributed by atoms with Crippen molar-refractivity contribution in [3.63, 3.8) is 0 Å². The van der Waals surface area contributed by atoms with Crippen molar-refractivity contribution in [2.45, 2.75) is 13.0 Å². The molecule has 0 aliphatic heterocycles. The van der Waals surface area contributed by atoms with E-state index in [2.05, 4.69) is 53.1 Å². The fraction of sp³-hybridized carbons (Fsp3) is 0.133. The maximum atomic E-state index is 12.3. The van der Waals surface area contributed by atoms with Crippen LogP contribution in [-0.4, -0.2) is 5.91 Å². The average molecular weight is 462 g/mol. The van der Waals surface area contributed by atoms with Crippen LogP contribution < -0.4 is 5.32 Å². The van der Waals surface area contributed by atoms with Crippen molar-refractivity contribution in [2.24, 2.45) is 0 Å². The Morgan fingerprint density at radius 1 is 1.05 bits per heavy atom. The second-order valence-corrected chi connectivity index (χ2v) is 7.06. The molecule has 0 saturated heterocycles. The van der Waals surface area contributed by atoms with Gasteiger partial charge in [0.15, 0.2) is 0 Å². The molecule has 1 unspecified atom stereocenters. The highest BCUT2D eigenvalue weighted by Crippen LogP contribution is 2.23. The number of hydrogen-bond donors (Lipinski definition) is 1. The maximum Gasteiger partial charge on any atom is 0.252 e. The fourth-order valence-electron chi connectivity index (χ4n) is 1.81. The van der Waals surface area contributed by atoms with Crippen LogP contribution in [0.3, 0.4) is 0 Å². The van der Waals surface area contributed by atoms with E-state index in [1.165, 1.54) is 0 Å². The highest BCUT2D eigenvalue weighted by molar-refractivity contribution is 9.11. The third-order valence-corrected chi connectivity index (χ3v) is 4.51. The number of benzene rings is 2. The lowest BCUT2D eigenvalue weighted by molar-refractivity contribution is 0.0939. The molecule has 2 aromatic rings. The molecular weight excluding hydrogens is 450 g/mol. The Labute approximate surface area is 143 Å². The molecule has 0 spiro atoms. The Morgan fingerprint density at radius 3 is 2.40 bits per heavy atom. The van der Waals surface area contributed by atoms with Gasteiger partial charge in [0.1, 0.15) is 0 Å². The number of nitrogens with one attached hydrogen (secondary N) is 1. The van der Waals surface area contributed by atoms with Crippen LogP contribution in [0, 0.1) is 0 Å². The fourth-order valence-corrected chi connectivity index (χ4v) is 3.45. The molecule has 104 valence electrons. The predicted molar refractivity (Wildman–Crippen MR) is 91.9 cm³/mol. The van der Waals surface area contributed by atoms with Crippen molar-refractivity contribution in [1.82, 2.24) is 5.32 Å². The zero-order valence-corrected chi connectivity index (χ0v) is 15.4. The van der Waals surface area contributed by atoms with Crippen molar-refractivity contribution in [3.8, 4) is 0 Å². The van der Waals surface area contributed by atoms with E-state index in [-0.39, 0.29) is 11.9 Å². The second kappa shape index (κ2) is 6.87. The number of halogens is 3. The zero-order chi connectivity index (χ0) is 14.7. The molecule has 1 N–H and O–H groups in total. The van der Waals surface area contributed by atoms with Gasteiger partial charge in [0.2, 0.25) is 0 Å². The van der Waals surface area contributed by atoms with Crippen LogP contribution in [0.25, 0.3) is 0 Å². The summed E-state index contributed by atoms with van der Waals surface area (Å²) < 4.78 is 2.70. The second-order valence-electron chi connectivity index (χ2n) is 4.37. The summed E-state index contributed by atoms with van der Waals surface area (Å²) in [5.74, 6) is -0.100. The van der Waals surface area contributed by atoms with Gasteiger partial charge in [0.05, 0.1) is 11.6 Å². The minimum Gasteiger partial charge on any atom is -0.345 e. The van der Waals surface area contributed by atoms with E-state index in [9.17, 15) is 4.79 Å². The van der Waals surface area contributed by atoms with Gasteiger partial charge < -0.3 is 5.32 Å². The van der Waals surface area contributed by atoms with E-state index in [0.29, 0.717) is 5.56 Å². The molecule has 0 aromatic heterocycles. The molecule has 0 bridgehead atoms. The summed E-state index contributed by atoms with van der Waals surface area (Å²) in [4.78, 5) is 12.3. The number of rotatable bonds is 3. The van der Waals surface area contributed by atoms with E-state index < -0.39 is 0 Å². The normalized spacial score (nSPS) is 12.0. The highest BCUT2D eigenvalue weighted by atomic mass is 79.9. The molecule has 0 radical (unpaired) electrons. The molecule has 20 heavy (non-hydrogen) atoms. The third-order valence-electron chi connectivity index (χ3n) is 2.87. The lowest BCUT2D eigenvalue weighted by atomic mass is 10.1. The molecule has 0 aliphatic rings. The Hall–Kier alpha value is -0.650. The average Bonchev–Trinajstić information content (AvgIpc) is 2.38. The Morgan fingerprint density at radius 2 is 1.75 bits per heavy atom. The van der Waals surface area contributed by atoms with Crippen LogP contribution in [0.5, 0.6) is 0 Å². The van der Waals surface area contributed by atoms with Crippen molar-refractivity contribution < 1.29 is 4.79 Å². The molecule has 0 fully saturated rings. The minimum atomic E-state index is -0.100. The Bertz CT molecular complexity index is 643. The van der Waals surface area contributed by atoms with Crippen molar-refractivity contribution >= 4 is 53.7 Å². The molecule has 2 rings (SSSR count). The minimum absolute atomic E-state index is 0.0597. The molecule has 2 aromatic carbocycles. The summed E-state index contributed by atoms with van der Waals surface area (Å²) in [7, 11) is 0. The van der Waals surface area contributed by atoms with E-state index in [0.717, 1.165) is 19.0 Å². The maximum absolute atomic E-state index is 12.3. The Balaban J connectivity index is 2.15. The summed E-state index contributed by atoms with van der Waals surface area (Å²) in [6.07, 6.45) is 0. The van der Waals surface area contributed by atoms with Gasteiger partial charge in [0.25, 0.3) is 5.91 Å². The summed E-state index contributed by atoms with van der Waals surface area (Å²) in [6.45, 7) is 1.96. The largest absolute Gasteiger partial charge is 0.345 e. The van der Waals surface area contributed by atoms with Gasteiger partial charge in [-0.2, -0.15) is 0 Å². The van der Waals surface area contributed by atoms with Gasteiger partial charge in [-0.15, -0.1) is 0 Å².